The van der Waals surface area contributed by atoms with Crippen molar-refractivity contribution in [2.24, 2.45) is 0 Å². The smallest absolute Gasteiger partial charge is 0.273 e. The third kappa shape index (κ3) is 6.04. The molecule has 3 aromatic rings. The van der Waals surface area contributed by atoms with E-state index in [4.69, 9.17) is 4.74 Å². The lowest BCUT2D eigenvalue weighted by Crippen LogP contribution is -2.26. The highest BCUT2D eigenvalue weighted by Gasteiger charge is 2.21. The molecule has 2 heterocycles. The number of thioether (sulfide) groups is 1. The van der Waals surface area contributed by atoms with Gasteiger partial charge in [-0.15, -0.1) is 5.10 Å². The number of hydrogen-bond acceptors (Lipinski definition) is 7. The van der Waals surface area contributed by atoms with Crippen LogP contribution in [0.4, 0.5) is 0 Å². The van der Waals surface area contributed by atoms with Crippen LogP contribution in [0.2, 0.25) is 0 Å². The molecule has 1 aromatic carbocycles. The molecule has 164 valence electrons. The van der Waals surface area contributed by atoms with Crippen molar-refractivity contribution >= 4 is 17.7 Å². The molecule has 2 aromatic heterocycles. The number of aryl methyl sites for hydroxylation is 2. The Hall–Kier alpha value is -2.94. The van der Waals surface area contributed by atoms with Gasteiger partial charge in [-0.25, -0.2) is 14.6 Å². The molecular formula is C22H28N6O2S. The van der Waals surface area contributed by atoms with E-state index in [1.165, 1.54) is 11.8 Å². The fourth-order valence-electron chi connectivity index (χ4n) is 3.09. The van der Waals surface area contributed by atoms with Crippen molar-refractivity contribution in [3.63, 3.8) is 0 Å². The molecule has 0 unspecified atom stereocenters. The molecule has 0 bridgehead atoms. The lowest BCUT2D eigenvalue weighted by atomic mass is 10.2. The van der Waals surface area contributed by atoms with Crippen LogP contribution < -0.4 is 10.1 Å². The Bertz CT molecular complexity index is 999. The Morgan fingerprint density at radius 2 is 1.84 bits per heavy atom. The molecule has 0 radical (unpaired) electrons. The molecule has 1 amide bonds. The van der Waals surface area contributed by atoms with Crippen molar-refractivity contribution in [3.8, 4) is 11.4 Å². The second-order valence-electron chi connectivity index (χ2n) is 7.18. The topological polar surface area (TPSA) is 94.8 Å². The van der Waals surface area contributed by atoms with Gasteiger partial charge in [0.15, 0.2) is 10.9 Å². The fourth-order valence-corrected chi connectivity index (χ4v) is 4.03. The molecule has 0 aliphatic rings. The van der Waals surface area contributed by atoms with Crippen molar-refractivity contribution in [1.82, 2.24) is 30.3 Å². The van der Waals surface area contributed by atoms with Gasteiger partial charge in [0.2, 0.25) is 0 Å². The van der Waals surface area contributed by atoms with Crippen LogP contribution >= 0.6 is 11.8 Å². The Morgan fingerprint density at radius 1 is 1.13 bits per heavy atom. The number of benzene rings is 1. The van der Waals surface area contributed by atoms with E-state index in [1.807, 2.05) is 44.2 Å². The predicted molar refractivity (Wildman–Crippen MR) is 121 cm³/mol. The molecule has 0 aliphatic heterocycles. The third-order valence-electron chi connectivity index (χ3n) is 4.66. The standard InChI is InChI=1S/C22H28N6O2S/c1-5-6-7-12-23-21(29)20-19(14-31-22-24-15(2)13-16(3)25-22)28(27-26-20)17-8-10-18(30-4)11-9-17/h8-11,13H,5-7,12,14H2,1-4H3,(H,23,29). The average molecular weight is 441 g/mol. The van der Waals surface area contributed by atoms with Crippen molar-refractivity contribution in [2.45, 2.75) is 50.9 Å². The maximum atomic E-state index is 12.8. The molecule has 8 nitrogen and oxygen atoms in total. The molecule has 0 saturated heterocycles. The zero-order valence-electron chi connectivity index (χ0n) is 18.4. The van der Waals surface area contributed by atoms with Gasteiger partial charge in [-0.1, -0.05) is 36.7 Å². The van der Waals surface area contributed by atoms with Crippen LogP contribution in [0.5, 0.6) is 5.75 Å². The zero-order chi connectivity index (χ0) is 22.2. The first-order chi connectivity index (χ1) is 15.0. The largest absolute Gasteiger partial charge is 0.497 e. The maximum absolute atomic E-state index is 12.8. The quantitative estimate of drug-likeness (QED) is 0.290. The minimum Gasteiger partial charge on any atom is -0.497 e. The van der Waals surface area contributed by atoms with Gasteiger partial charge in [0, 0.05) is 23.7 Å². The van der Waals surface area contributed by atoms with Gasteiger partial charge in [-0.3, -0.25) is 4.79 Å². The van der Waals surface area contributed by atoms with E-state index in [9.17, 15) is 4.79 Å². The first-order valence-electron chi connectivity index (χ1n) is 10.3. The summed E-state index contributed by atoms with van der Waals surface area (Å²) in [6.07, 6.45) is 3.11. The highest BCUT2D eigenvalue weighted by atomic mass is 32.2. The van der Waals surface area contributed by atoms with Crippen LogP contribution in [0, 0.1) is 13.8 Å². The van der Waals surface area contributed by atoms with E-state index in [0.29, 0.717) is 28.8 Å². The number of rotatable bonds is 10. The molecule has 0 fully saturated rings. The summed E-state index contributed by atoms with van der Waals surface area (Å²) < 4.78 is 6.93. The number of methoxy groups -OCH3 is 1. The lowest BCUT2D eigenvalue weighted by Gasteiger charge is -2.09. The summed E-state index contributed by atoms with van der Waals surface area (Å²) in [6, 6.07) is 9.41. The van der Waals surface area contributed by atoms with Gasteiger partial charge < -0.3 is 10.1 Å². The first kappa shape index (κ1) is 22.7. The summed E-state index contributed by atoms with van der Waals surface area (Å²) >= 11 is 1.46. The van der Waals surface area contributed by atoms with Gasteiger partial charge >= 0.3 is 0 Å². The van der Waals surface area contributed by atoms with E-state index in [2.05, 4.69) is 32.5 Å². The van der Waals surface area contributed by atoms with Crippen molar-refractivity contribution in [2.75, 3.05) is 13.7 Å². The van der Waals surface area contributed by atoms with Crippen LogP contribution in [-0.2, 0) is 5.75 Å². The highest BCUT2D eigenvalue weighted by Crippen LogP contribution is 2.24. The molecule has 9 heteroatoms. The number of aromatic nitrogens is 5. The summed E-state index contributed by atoms with van der Waals surface area (Å²) in [7, 11) is 1.62. The number of hydrogen-bond donors (Lipinski definition) is 1. The average Bonchev–Trinajstić information content (AvgIpc) is 3.18. The predicted octanol–water partition coefficient (Wildman–Crippen LogP) is 3.90. The Labute approximate surface area is 186 Å². The Kier molecular flexibility index (Phi) is 8.00. The molecule has 0 aliphatic carbocycles. The van der Waals surface area contributed by atoms with Crippen LogP contribution in [0.3, 0.4) is 0 Å². The number of unbranched alkanes of at least 4 members (excludes halogenated alkanes) is 2. The minimum absolute atomic E-state index is 0.215. The number of ether oxygens (including phenoxy) is 1. The SMILES string of the molecule is CCCCCNC(=O)c1nnn(-c2ccc(OC)cc2)c1CSc1nc(C)cc(C)n1. The third-order valence-corrected chi connectivity index (χ3v) is 5.52. The Morgan fingerprint density at radius 3 is 2.48 bits per heavy atom. The van der Waals surface area contributed by atoms with Crippen LogP contribution in [0.15, 0.2) is 35.5 Å². The number of carbonyl (C=O) groups is 1. The summed E-state index contributed by atoms with van der Waals surface area (Å²) in [4.78, 5) is 21.8. The van der Waals surface area contributed by atoms with E-state index in [1.54, 1.807) is 11.8 Å². The summed E-state index contributed by atoms with van der Waals surface area (Å²) in [6.45, 7) is 6.63. The van der Waals surface area contributed by atoms with Crippen molar-refractivity contribution in [1.29, 1.82) is 0 Å². The Balaban J connectivity index is 1.87. The second kappa shape index (κ2) is 10.9. The van der Waals surface area contributed by atoms with E-state index in [-0.39, 0.29) is 5.91 Å². The minimum atomic E-state index is -0.215. The maximum Gasteiger partial charge on any atom is 0.273 e. The van der Waals surface area contributed by atoms with Crippen molar-refractivity contribution < 1.29 is 9.53 Å². The van der Waals surface area contributed by atoms with Gasteiger partial charge in [-0.2, -0.15) is 0 Å². The monoisotopic (exact) mass is 440 g/mol. The van der Waals surface area contributed by atoms with E-state index in [0.717, 1.165) is 42.1 Å². The van der Waals surface area contributed by atoms with Crippen LogP contribution in [0.25, 0.3) is 5.69 Å². The molecule has 0 spiro atoms. The number of nitrogens with zero attached hydrogens (tertiary/aromatic N) is 5. The summed E-state index contributed by atoms with van der Waals surface area (Å²) in [5.41, 5.74) is 3.64. The van der Waals surface area contributed by atoms with Crippen LogP contribution in [0.1, 0.15) is 53.8 Å². The van der Waals surface area contributed by atoms with Gasteiger partial charge in [0.1, 0.15) is 5.75 Å². The van der Waals surface area contributed by atoms with Crippen molar-refractivity contribution in [3.05, 3.63) is 53.1 Å². The molecule has 1 N–H and O–H groups in total. The summed E-state index contributed by atoms with van der Waals surface area (Å²) in [5.74, 6) is 0.990. The fraction of sp³-hybridized carbons (Fsp3) is 0.409. The molecule has 0 atom stereocenters. The van der Waals surface area contributed by atoms with Gasteiger partial charge in [-0.05, 0) is 50.6 Å². The number of carbonyl (C=O) groups excluding carboxylic acids is 1. The van der Waals surface area contributed by atoms with Gasteiger partial charge in [0.25, 0.3) is 5.91 Å². The zero-order valence-corrected chi connectivity index (χ0v) is 19.2. The van der Waals surface area contributed by atoms with Gasteiger partial charge in [0.05, 0.1) is 18.5 Å². The van der Waals surface area contributed by atoms with E-state index >= 15 is 0 Å². The molecule has 31 heavy (non-hydrogen) atoms. The first-order valence-corrected chi connectivity index (χ1v) is 11.3. The second-order valence-corrected chi connectivity index (χ2v) is 8.12. The van der Waals surface area contributed by atoms with E-state index < -0.39 is 0 Å². The number of amides is 1. The molecular weight excluding hydrogens is 412 g/mol. The number of nitrogens with one attached hydrogen (secondary N) is 1. The normalized spacial score (nSPS) is 10.8. The molecule has 3 rings (SSSR count). The van der Waals surface area contributed by atoms with Crippen LogP contribution in [-0.4, -0.2) is 44.5 Å². The lowest BCUT2D eigenvalue weighted by molar-refractivity contribution is 0.0947. The summed E-state index contributed by atoms with van der Waals surface area (Å²) in [5, 5.41) is 12.1. The highest BCUT2D eigenvalue weighted by molar-refractivity contribution is 7.98. The molecule has 0 saturated carbocycles.